The molecule has 0 fully saturated rings. The van der Waals surface area contributed by atoms with Gasteiger partial charge in [-0.05, 0) is 45.7 Å². The van der Waals surface area contributed by atoms with E-state index in [1.807, 2.05) is 45.9 Å². The summed E-state index contributed by atoms with van der Waals surface area (Å²) in [5.41, 5.74) is 3.73. The van der Waals surface area contributed by atoms with Gasteiger partial charge in [-0.15, -0.1) is 10.2 Å². The molecule has 29 heavy (non-hydrogen) atoms. The van der Waals surface area contributed by atoms with Gasteiger partial charge in [-0.3, -0.25) is 9.59 Å². The van der Waals surface area contributed by atoms with Crippen LogP contribution < -0.4 is 0 Å². The van der Waals surface area contributed by atoms with Crippen LogP contribution in [0.25, 0.3) is 0 Å². The van der Waals surface area contributed by atoms with Gasteiger partial charge in [-0.1, -0.05) is 42.1 Å². The van der Waals surface area contributed by atoms with Crippen LogP contribution >= 0.6 is 11.8 Å². The molecule has 0 saturated carbocycles. The smallest absolute Gasteiger partial charge is 0.192 e. The first-order valence-electron chi connectivity index (χ1n) is 9.70. The van der Waals surface area contributed by atoms with Crippen molar-refractivity contribution in [3.63, 3.8) is 0 Å². The molecule has 0 unspecified atom stereocenters. The first-order valence-corrected chi connectivity index (χ1v) is 10.6. The standard InChI is InChI=1S/C22H26N4O2S/c1-6-26-18(12-17-10-8-7-9-11-17)24-25-22(26)29-16(5)21(28)20-13(2)19(15(4)27)14(3)23-20/h7-11,16,23H,6,12H2,1-5H3/t16-/m0/s1. The minimum absolute atomic E-state index is 0.0353. The Kier molecular flexibility index (Phi) is 6.37. The van der Waals surface area contributed by atoms with Crippen molar-refractivity contribution < 1.29 is 9.59 Å². The molecule has 0 spiro atoms. The maximum absolute atomic E-state index is 13.0. The summed E-state index contributed by atoms with van der Waals surface area (Å²) in [6, 6.07) is 10.1. The van der Waals surface area contributed by atoms with Crippen LogP contribution in [-0.4, -0.2) is 36.6 Å². The van der Waals surface area contributed by atoms with Crippen LogP contribution in [0.15, 0.2) is 35.5 Å². The van der Waals surface area contributed by atoms with Crippen molar-refractivity contribution in [1.82, 2.24) is 19.7 Å². The summed E-state index contributed by atoms with van der Waals surface area (Å²) in [5.74, 6) is 0.803. The van der Waals surface area contributed by atoms with E-state index >= 15 is 0 Å². The number of hydrogen-bond acceptors (Lipinski definition) is 5. The van der Waals surface area contributed by atoms with Crippen molar-refractivity contribution in [2.24, 2.45) is 0 Å². The molecule has 2 aromatic heterocycles. The Labute approximate surface area is 175 Å². The number of aromatic nitrogens is 4. The van der Waals surface area contributed by atoms with Crippen LogP contribution in [0.2, 0.25) is 0 Å². The first kappa shape index (κ1) is 21.0. The normalized spacial score (nSPS) is 12.2. The van der Waals surface area contributed by atoms with Gasteiger partial charge in [0.25, 0.3) is 0 Å². The van der Waals surface area contributed by atoms with Gasteiger partial charge in [0.2, 0.25) is 0 Å². The number of nitrogens with zero attached hydrogens (tertiary/aromatic N) is 3. The van der Waals surface area contributed by atoms with E-state index in [0.29, 0.717) is 23.2 Å². The Balaban J connectivity index is 1.80. The molecule has 0 aliphatic carbocycles. The second kappa shape index (κ2) is 8.78. The minimum Gasteiger partial charge on any atom is -0.355 e. The number of rotatable bonds is 8. The number of hydrogen-bond donors (Lipinski definition) is 1. The first-order chi connectivity index (χ1) is 13.8. The zero-order chi connectivity index (χ0) is 21.1. The van der Waals surface area contributed by atoms with Crippen LogP contribution in [-0.2, 0) is 13.0 Å². The Morgan fingerprint density at radius 2 is 1.86 bits per heavy atom. The molecule has 0 saturated heterocycles. The number of ketones is 2. The molecule has 0 radical (unpaired) electrons. The van der Waals surface area contributed by atoms with Crippen LogP contribution in [0, 0.1) is 13.8 Å². The maximum atomic E-state index is 13.0. The minimum atomic E-state index is -0.356. The molecular weight excluding hydrogens is 384 g/mol. The van der Waals surface area contributed by atoms with Gasteiger partial charge in [0.15, 0.2) is 16.7 Å². The van der Waals surface area contributed by atoms with E-state index in [0.717, 1.165) is 23.2 Å². The quantitative estimate of drug-likeness (QED) is 0.440. The number of carbonyl (C=O) groups excluding carboxylic acids is 2. The predicted octanol–water partition coefficient (Wildman–Crippen LogP) is 4.40. The average molecular weight is 411 g/mol. The fraction of sp³-hybridized carbons (Fsp3) is 0.364. The number of carbonyl (C=O) groups is 2. The van der Waals surface area contributed by atoms with Gasteiger partial charge in [0.05, 0.1) is 10.9 Å². The molecule has 1 aromatic carbocycles. The van der Waals surface area contributed by atoms with Crippen LogP contribution in [0.5, 0.6) is 0 Å². The van der Waals surface area contributed by atoms with Gasteiger partial charge in [-0.25, -0.2) is 0 Å². The molecule has 1 atom stereocenters. The summed E-state index contributed by atoms with van der Waals surface area (Å²) in [7, 11) is 0. The zero-order valence-corrected chi connectivity index (χ0v) is 18.3. The third-order valence-electron chi connectivity index (χ3n) is 5.00. The molecule has 0 aliphatic rings. The molecule has 3 aromatic rings. The summed E-state index contributed by atoms with van der Waals surface area (Å²) in [6.45, 7) is 9.80. The number of aryl methyl sites for hydroxylation is 1. The van der Waals surface area contributed by atoms with Crippen LogP contribution in [0.1, 0.15) is 64.3 Å². The third kappa shape index (κ3) is 4.34. The van der Waals surface area contributed by atoms with Crippen LogP contribution in [0.3, 0.4) is 0 Å². The van der Waals surface area contributed by atoms with Gasteiger partial charge < -0.3 is 9.55 Å². The summed E-state index contributed by atoms with van der Waals surface area (Å²) in [5, 5.41) is 9.06. The second-order valence-corrected chi connectivity index (χ2v) is 8.42. The number of benzene rings is 1. The molecule has 2 heterocycles. The molecule has 7 heteroatoms. The Morgan fingerprint density at radius 3 is 2.45 bits per heavy atom. The highest BCUT2D eigenvalue weighted by Crippen LogP contribution is 2.28. The number of nitrogens with one attached hydrogen (secondary N) is 1. The lowest BCUT2D eigenvalue weighted by atomic mass is 10.0. The van der Waals surface area contributed by atoms with Gasteiger partial charge in [0, 0.05) is 24.2 Å². The maximum Gasteiger partial charge on any atom is 0.192 e. The monoisotopic (exact) mass is 410 g/mol. The lowest BCUT2D eigenvalue weighted by Crippen LogP contribution is -2.16. The van der Waals surface area contributed by atoms with Crippen molar-refractivity contribution in [2.45, 2.75) is 58.0 Å². The van der Waals surface area contributed by atoms with Gasteiger partial charge in [-0.2, -0.15) is 0 Å². The van der Waals surface area contributed by atoms with E-state index in [4.69, 9.17) is 0 Å². The van der Waals surface area contributed by atoms with Crippen molar-refractivity contribution in [3.8, 4) is 0 Å². The summed E-state index contributed by atoms with van der Waals surface area (Å²) in [4.78, 5) is 28.0. The Hall–Kier alpha value is -2.67. The second-order valence-electron chi connectivity index (χ2n) is 7.11. The highest BCUT2D eigenvalue weighted by molar-refractivity contribution is 8.00. The Bertz CT molecular complexity index is 1040. The van der Waals surface area contributed by atoms with E-state index in [1.165, 1.54) is 24.2 Å². The fourth-order valence-electron chi connectivity index (χ4n) is 3.57. The predicted molar refractivity (Wildman–Crippen MR) is 115 cm³/mol. The van der Waals surface area contributed by atoms with Crippen LogP contribution in [0.4, 0.5) is 0 Å². The summed E-state index contributed by atoms with van der Waals surface area (Å²) in [6.07, 6.45) is 0.696. The molecule has 1 N–H and O–H groups in total. The summed E-state index contributed by atoms with van der Waals surface area (Å²) < 4.78 is 2.05. The van der Waals surface area contributed by atoms with E-state index in [9.17, 15) is 9.59 Å². The van der Waals surface area contributed by atoms with E-state index in [-0.39, 0.29) is 16.8 Å². The molecule has 0 aliphatic heterocycles. The summed E-state index contributed by atoms with van der Waals surface area (Å²) >= 11 is 1.40. The topological polar surface area (TPSA) is 80.6 Å². The third-order valence-corrected chi connectivity index (χ3v) is 6.08. The van der Waals surface area contributed by atoms with E-state index in [2.05, 4.69) is 31.9 Å². The Morgan fingerprint density at radius 1 is 1.17 bits per heavy atom. The van der Waals surface area contributed by atoms with Crippen molar-refractivity contribution in [1.29, 1.82) is 0 Å². The molecule has 3 rings (SSSR count). The molecule has 0 amide bonds. The molecule has 0 bridgehead atoms. The van der Waals surface area contributed by atoms with Crippen molar-refractivity contribution >= 4 is 23.3 Å². The highest BCUT2D eigenvalue weighted by atomic mass is 32.2. The number of thioether (sulfide) groups is 1. The SMILES string of the molecule is CCn1c(Cc2ccccc2)nnc1S[C@@H](C)C(=O)c1[nH]c(C)c(C(C)=O)c1C. The molecular formula is C22H26N4O2S. The number of aromatic amines is 1. The van der Waals surface area contributed by atoms with Crippen molar-refractivity contribution in [3.05, 3.63) is 64.2 Å². The number of H-pyrrole nitrogens is 1. The van der Waals surface area contributed by atoms with E-state index in [1.54, 1.807) is 0 Å². The lowest BCUT2D eigenvalue weighted by molar-refractivity contribution is 0.0988. The fourth-order valence-corrected chi connectivity index (χ4v) is 4.56. The molecule has 152 valence electrons. The average Bonchev–Trinajstić information content (AvgIpc) is 3.21. The zero-order valence-electron chi connectivity index (χ0n) is 17.4. The molecule has 6 nitrogen and oxygen atoms in total. The van der Waals surface area contributed by atoms with E-state index < -0.39 is 0 Å². The number of Topliss-reactive ketones (excluding diaryl/α,β-unsaturated/α-hetero) is 2. The van der Waals surface area contributed by atoms with Gasteiger partial charge >= 0.3 is 0 Å². The largest absolute Gasteiger partial charge is 0.355 e. The van der Waals surface area contributed by atoms with Crippen molar-refractivity contribution in [2.75, 3.05) is 0 Å². The van der Waals surface area contributed by atoms with Gasteiger partial charge in [0.1, 0.15) is 5.82 Å². The highest BCUT2D eigenvalue weighted by Gasteiger charge is 2.26. The lowest BCUT2D eigenvalue weighted by Gasteiger charge is -2.11.